The first-order valence-electron chi connectivity index (χ1n) is 6.38. The van der Waals surface area contributed by atoms with Gasteiger partial charge in [-0.15, -0.1) is 0 Å². The Bertz CT molecular complexity index is 537. The molecule has 0 aliphatic carbocycles. The fourth-order valence-electron chi connectivity index (χ4n) is 2.26. The molecule has 1 aromatic rings. The maximum atomic E-state index is 11.6. The summed E-state index contributed by atoms with van der Waals surface area (Å²) in [6.07, 6.45) is 1.34. The van der Waals surface area contributed by atoms with Gasteiger partial charge in [-0.05, 0) is 6.92 Å². The minimum absolute atomic E-state index is 0.187. The second kappa shape index (κ2) is 5.91. The Morgan fingerprint density at radius 3 is 2.65 bits per heavy atom. The van der Waals surface area contributed by atoms with Gasteiger partial charge < -0.3 is 19.7 Å². The van der Waals surface area contributed by atoms with E-state index in [0.717, 1.165) is 0 Å². The number of ether oxygens (including phenoxy) is 1. The number of hydrogen-bond acceptors (Lipinski definition) is 6. The van der Waals surface area contributed by atoms with Crippen molar-refractivity contribution >= 4 is 11.8 Å². The molecule has 0 aromatic carbocycles. The topological polar surface area (TPSA) is 98.8 Å². The first-order valence-corrected chi connectivity index (χ1v) is 6.38. The molecule has 1 fully saturated rings. The van der Waals surface area contributed by atoms with Crippen LogP contribution in [0.2, 0.25) is 0 Å². The van der Waals surface area contributed by atoms with Gasteiger partial charge in [0, 0.05) is 26.2 Å². The molecule has 1 atom stereocenters. The smallest absolute Gasteiger partial charge is 0.320 e. The predicted octanol–water partition coefficient (Wildman–Crippen LogP) is -0.626. The van der Waals surface area contributed by atoms with Crippen LogP contribution in [-0.4, -0.2) is 65.3 Å². The van der Waals surface area contributed by atoms with Gasteiger partial charge in [-0.25, -0.2) is 4.98 Å². The van der Waals surface area contributed by atoms with Crippen molar-refractivity contribution in [2.45, 2.75) is 13.0 Å². The lowest BCUT2D eigenvalue weighted by atomic mass is 10.2. The van der Waals surface area contributed by atoms with Gasteiger partial charge >= 0.3 is 5.97 Å². The molecule has 1 aliphatic heterocycles. The first kappa shape index (κ1) is 14.3. The van der Waals surface area contributed by atoms with E-state index in [-0.39, 0.29) is 11.3 Å². The fourth-order valence-corrected chi connectivity index (χ4v) is 2.26. The second-order valence-corrected chi connectivity index (χ2v) is 4.63. The quantitative estimate of drug-likeness (QED) is 0.758. The van der Waals surface area contributed by atoms with Crippen molar-refractivity contribution in [1.82, 2.24) is 14.9 Å². The van der Waals surface area contributed by atoms with E-state index in [9.17, 15) is 9.59 Å². The highest BCUT2D eigenvalue weighted by atomic mass is 16.5. The summed E-state index contributed by atoms with van der Waals surface area (Å²) in [6, 6.07) is -0.508. The number of aliphatic carboxylic acids is 1. The molecule has 1 aliphatic rings. The zero-order valence-electron chi connectivity index (χ0n) is 11.5. The van der Waals surface area contributed by atoms with E-state index in [2.05, 4.69) is 9.97 Å². The molecule has 20 heavy (non-hydrogen) atoms. The molecule has 1 aromatic heterocycles. The van der Waals surface area contributed by atoms with Crippen molar-refractivity contribution in [1.29, 1.82) is 0 Å². The van der Waals surface area contributed by atoms with Crippen LogP contribution in [0.25, 0.3) is 0 Å². The van der Waals surface area contributed by atoms with E-state index in [0.29, 0.717) is 32.0 Å². The number of anilines is 1. The minimum atomic E-state index is -0.828. The molecule has 0 spiro atoms. The first-order chi connectivity index (χ1) is 9.54. The molecule has 1 unspecified atom stereocenters. The maximum Gasteiger partial charge on any atom is 0.320 e. The van der Waals surface area contributed by atoms with Crippen molar-refractivity contribution in [2.75, 3.05) is 38.2 Å². The van der Waals surface area contributed by atoms with Crippen LogP contribution in [0.5, 0.6) is 5.75 Å². The van der Waals surface area contributed by atoms with Gasteiger partial charge in [0.15, 0.2) is 5.82 Å². The number of methoxy groups -OCH3 is 1. The van der Waals surface area contributed by atoms with E-state index >= 15 is 0 Å². The zero-order chi connectivity index (χ0) is 14.7. The maximum absolute atomic E-state index is 11.6. The van der Waals surface area contributed by atoms with Crippen LogP contribution in [0.4, 0.5) is 5.82 Å². The van der Waals surface area contributed by atoms with Crippen molar-refractivity contribution in [2.24, 2.45) is 0 Å². The van der Waals surface area contributed by atoms with E-state index < -0.39 is 12.0 Å². The van der Waals surface area contributed by atoms with E-state index in [4.69, 9.17) is 9.84 Å². The summed E-state index contributed by atoms with van der Waals surface area (Å²) in [4.78, 5) is 33.0. The summed E-state index contributed by atoms with van der Waals surface area (Å²) in [5.74, 6) is -0.142. The number of carbonyl (C=O) groups is 1. The van der Waals surface area contributed by atoms with Gasteiger partial charge in [-0.1, -0.05) is 0 Å². The number of hydrogen-bond donors (Lipinski definition) is 2. The van der Waals surface area contributed by atoms with Crippen LogP contribution < -0.4 is 15.2 Å². The number of carboxylic acid groups (broad SMARTS) is 1. The fraction of sp³-hybridized carbons (Fsp3) is 0.583. The van der Waals surface area contributed by atoms with Crippen molar-refractivity contribution in [3.63, 3.8) is 0 Å². The summed E-state index contributed by atoms with van der Waals surface area (Å²) in [7, 11) is 1.43. The van der Waals surface area contributed by atoms with E-state index in [1.54, 1.807) is 6.92 Å². The normalized spacial score (nSPS) is 17.8. The number of rotatable bonds is 4. The standard InChI is InChI=1S/C12H18N4O4/c1-8(12(18)19)15-3-5-16(6-4-15)10-9(20-2)11(17)14-7-13-10/h7-8H,3-6H2,1-2H3,(H,18,19)(H,13,14,17). The highest BCUT2D eigenvalue weighted by molar-refractivity contribution is 5.73. The Morgan fingerprint density at radius 2 is 2.10 bits per heavy atom. The molecule has 2 rings (SSSR count). The van der Waals surface area contributed by atoms with Crippen LogP contribution in [0, 0.1) is 0 Å². The third kappa shape index (κ3) is 2.74. The molecule has 2 N–H and O–H groups in total. The zero-order valence-corrected chi connectivity index (χ0v) is 11.5. The number of nitrogens with zero attached hydrogens (tertiary/aromatic N) is 3. The number of aromatic nitrogens is 2. The SMILES string of the molecule is COc1c(N2CCN(C(C)C(=O)O)CC2)nc[nH]c1=O. The Kier molecular flexibility index (Phi) is 4.23. The molecule has 0 saturated carbocycles. The average molecular weight is 282 g/mol. The van der Waals surface area contributed by atoms with Crippen LogP contribution in [-0.2, 0) is 4.79 Å². The molecular weight excluding hydrogens is 264 g/mol. The van der Waals surface area contributed by atoms with Crippen molar-refractivity contribution in [3.8, 4) is 5.75 Å². The summed E-state index contributed by atoms with van der Waals surface area (Å²) < 4.78 is 5.09. The Balaban J connectivity index is 2.10. The van der Waals surface area contributed by atoms with Gasteiger partial charge in [-0.3, -0.25) is 14.5 Å². The van der Waals surface area contributed by atoms with Crippen LogP contribution >= 0.6 is 0 Å². The summed E-state index contributed by atoms with van der Waals surface area (Å²) >= 11 is 0. The largest absolute Gasteiger partial charge is 0.489 e. The summed E-state index contributed by atoms with van der Waals surface area (Å²) in [5, 5.41) is 9.00. The highest BCUT2D eigenvalue weighted by Gasteiger charge is 2.27. The Hall–Kier alpha value is -2.09. The number of carboxylic acids is 1. The predicted molar refractivity (Wildman–Crippen MR) is 72.3 cm³/mol. The molecule has 110 valence electrons. The van der Waals surface area contributed by atoms with E-state index in [1.165, 1.54) is 13.4 Å². The third-order valence-corrected chi connectivity index (χ3v) is 3.51. The minimum Gasteiger partial charge on any atom is -0.489 e. The Labute approximate surface area is 116 Å². The van der Waals surface area contributed by atoms with Crippen LogP contribution in [0.1, 0.15) is 6.92 Å². The molecule has 0 bridgehead atoms. The molecule has 8 heteroatoms. The van der Waals surface area contributed by atoms with Crippen LogP contribution in [0.3, 0.4) is 0 Å². The summed E-state index contributed by atoms with van der Waals surface area (Å²) in [6.45, 7) is 4.08. The highest BCUT2D eigenvalue weighted by Crippen LogP contribution is 2.22. The van der Waals surface area contributed by atoms with Crippen molar-refractivity contribution in [3.05, 3.63) is 16.7 Å². The Morgan fingerprint density at radius 1 is 1.45 bits per heavy atom. The molecule has 1 saturated heterocycles. The monoisotopic (exact) mass is 282 g/mol. The molecule has 0 amide bonds. The third-order valence-electron chi connectivity index (χ3n) is 3.51. The van der Waals surface area contributed by atoms with Crippen molar-refractivity contribution < 1.29 is 14.6 Å². The molecule has 0 radical (unpaired) electrons. The van der Waals surface area contributed by atoms with Gasteiger partial charge in [0.2, 0.25) is 5.75 Å². The van der Waals surface area contributed by atoms with E-state index in [1.807, 2.05) is 9.80 Å². The number of nitrogens with one attached hydrogen (secondary N) is 1. The number of piperazine rings is 1. The van der Waals surface area contributed by atoms with Gasteiger partial charge in [0.1, 0.15) is 6.04 Å². The van der Waals surface area contributed by atoms with Crippen LogP contribution in [0.15, 0.2) is 11.1 Å². The molecular formula is C12H18N4O4. The number of H-pyrrole nitrogens is 1. The lowest BCUT2D eigenvalue weighted by Crippen LogP contribution is -2.52. The lowest BCUT2D eigenvalue weighted by molar-refractivity contribution is -0.142. The van der Waals surface area contributed by atoms with Gasteiger partial charge in [0.25, 0.3) is 5.56 Å². The number of aromatic amines is 1. The lowest BCUT2D eigenvalue weighted by Gasteiger charge is -2.37. The second-order valence-electron chi connectivity index (χ2n) is 4.63. The average Bonchev–Trinajstić information content (AvgIpc) is 2.46. The molecule has 2 heterocycles. The molecule has 8 nitrogen and oxygen atoms in total. The van der Waals surface area contributed by atoms with Gasteiger partial charge in [-0.2, -0.15) is 0 Å². The summed E-state index contributed by atoms with van der Waals surface area (Å²) in [5.41, 5.74) is -0.321. The van der Waals surface area contributed by atoms with Gasteiger partial charge in [0.05, 0.1) is 13.4 Å².